The molecule has 136 valence electrons. The number of guanidine groups is 1. The minimum atomic E-state index is -3.28. The van der Waals surface area contributed by atoms with Gasteiger partial charge in [0.2, 0.25) is 10.0 Å². The van der Waals surface area contributed by atoms with Gasteiger partial charge in [-0.3, -0.25) is 0 Å². The standard InChI is InChI=1S/C16H27FN4O2S/c1-4-18-16(20-13-14-9-7-8-10-15(14)17)19-11-12-24(22,23)21(5-2)6-3/h7-10H,4-6,11-13H2,1-3H3,(H2,18,19,20). The first-order valence-corrected chi connectivity index (χ1v) is 9.78. The Balaban J connectivity index is 2.63. The first-order valence-electron chi connectivity index (χ1n) is 8.18. The van der Waals surface area contributed by atoms with Crippen molar-refractivity contribution in [1.29, 1.82) is 0 Å². The summed E-state index contributed by atoms with van der Waals surface area (Å²) in [5, 5.41) is 6.00. The zero-order valence-electron chi connectivity index (χ0n) is 14.5. The molecule has 1 aromatic carbocycles. The first kappa shape index (κ1) is 20.4. The van der Waals surface area contributed by atoms with E-state index in [1.165, 1.54) is 10.4 Å². The van der Waals surface area contributed by atoms with Crippen LogP contribution in [-0.2, 0) is 16.6 Å². The maximum Gasteiger partial charge on any atom is 0.215 e. The second kappa shape index (κ2) is 10.2. The third-order valence-corrected chi connectivity index (χ3v) is 5.48. The van der Waals surface area contributed by atoms with E-state index in [1.54, 1.807) is 18.2 Å². The molecule has 0 unspecified atom stereocenters. The average Bonchev–Trinajstić information content (AvgIpc) is 2.54. The number of hydrogen-bond acceptors (Lipinski definition) is 3. The molecule has 0 amide bonds. The highest BCUT2D eigenvalue weighted by molar-refractivity contribution is 7.89. The molecule has 1 aromatic rings. The molecule has 6 nitrogen and oxygen atoms in total. The van der Waals surface area contributed by atoms with Gasteiger partial charge >= 0.3 is 0 Å². The lowest BCUT2D eigenvalue weighted by molar-refractivity contribution is 0.445. The molecule has 2 N–H and O–H groups in total. The Morgan fingerprint density at radius 2 is 1.83 bits per heavy atom. The van der Waals surface area contributed by atoms with E-state index in [0.29, 0.717) is 31.2 Å². The summed E-state index contributed by atoms with van der Waals surface area (Å²) in [5.74, 6) is 0.149. The average molecular weight is 358 g/mol. The van der Waals surface area contributed by atoms with Gasteiger partial charge in [-0.25, -0.2) is 22.1 Å². The molecule has 1 rings (SSSR count). The van der Waals surface area contributed by atoms with Crippen LogP contribution >= 0.6 is 0 Å². The second-order valence-electron chi connectivity index (χ2n) is 5.11. The molecule has 0 aliphatic rings. The highest BCUT2D eigenvalue weighted by atomic mass is 32.2. The molecule has 0 heterocycles. The molecule has 0 saturated heterocycles. The summed E-state index contributed by atoms with van der Waals surface area (Å²) >= 11 is 0. The molecule has 0 radical (unpaired) electrons. The quantitative estimate of drug-likeness (QED) is 0.519. The molecule has 0 aliphatic heterocycles. The number of hydrogen-bond donors (Lipinski definition) is 2. The summed E-state index contributed by atoms with van der Waals surface area (Å²) in [4.78, 5) is 4.30. The fourth-order valence-corrected chi connectivity index (χ4v) is 3.58. The molecule has 0 spiro atoms. The van der Waals surface area contributed by atoms with Crippen LogP contribution in [0.2, 0.25) is 0 Å². The number of nitrogens with zero attached hydrogens (tertiary/aromatic N) is 2. The summed E-state index contributed by atoms with van der Waals surface area (Å²) in [6.45, 7) is 7.51. The van der Waals surface area contributed by atoms with Crippen molar-refractivity contribution in [3.63, 3.8) is 0 Å². The molecular weight excluding hydrogens is 331 g/mol. The number of rotatable bonds is 9. The third-order valence-electron chi connectivity index (χ3n) is 3.46. The Hall–Kier alpha value is -1.67. The minimum Gasteiger partial charge on any atom is -0.357 e. The van der Waals surface area contributed by atoms with E-state index in [0.717, 1.165) is 0 Å². The molecule has 0 aromatic heterocycles. The number of aliphatic imine (C=N–C) groups is 1. The van der Waals surface area contributed by atoms with Gasteiger partial charge in [-0.15, -0.1) is 0 Å². The van der Waals surface area contributed by atoms with Crippen molar-refractivity contribution in [3.8, 4) is 0 Å². The van der Waals surface area contributed by atoms with Gasteiger partial charge in [0.25, 0.3) is 0 Å². The Kier molecular flexibility index (Phi) is 8.70. The van der Waals surface area contributed by atoms with Crippen molar-refractivity contribution in [2.45, 2.75) is 27.3 Å². The van der Waals surface area contributed by atoms with Crippen molar-refractivity contribution >= 4 is 16.0 Å². The molecular formula is C16H27FN4O2S. The van der Waals surface area contributed by atoms with Gasteiger partial charge in [0, 0.05) is 31.7 Å². The van der Waals surface area contributed by atoms with E-state index in [-0.39, 0.29) is 24.7 Å². The molecule has 0 atom stereocenters. The number of halogens is 1. The fourth-order valence-electron chi connectivity index (χ4n) is 2.18. The SMILES string of the molecule is CCNC(=NCc1ccccc1F)NCCS(=O)(=O)N(CC)CC. The van der Waals surface area contributed by atoms with Crippen LogP contribution in [0.3, 0.4) is 0 Å². The summed E-state index contributed by atoms with van der Waals surface area (Å²) in [6.07, 6.45) is 0. The predicted molar refractivity (Wildman–Crippen MR) is 95.9 cm³/mol. The lowest BCUT2D eigenvalue weighted by Gasteiger charge is -2.19. The second-order valence-corrected chi connectivity index (χ2v) is 7.20. The fraction of sp³-hybridized carbons (Fsp3) is 0.562. The minimum absolute atomic E-state index is 0.0151. The summed E-state index contributed by atoms with van der Waals surface area (Å²) < 4.78 is 39.3. The topological polar surface area (TPSA) is 73.8 Å². The first-order chi connectivity index (χ1) is 11.4. The van der Waals surface area contributed by atoms with E-state index in [2.05, 4.69) is 15.6 Å². The molecule has 0 saturated carbocycles. The smallest absolute Gasteiger partial charge is 0.215 e. The van der Waals surface area contributed by atoms with Crippen LogP contribution in [0.15, 0.2) is 29.3 Å². The van der Waals surface area contributed by atoms with Crippen LogP contribution in [0, 0.1) is 5.82 Å². The van der Waals surface area contributed by atoms with E-state index < -0.39 is 10.0 Å². The van der Waals surface area contributed by atoms with Crippen molar-refractivity contribution in [1.82, 2.24) is 14.9 Å². The summed E-state index contributed by atoms with van der Waals surface area (Å²) in [6, 6.07) is 6.45. The maximum absolute atomic E-state index is 13.6. The van der Waals surface area contributed by atoms with Gasteiger partial charge in [-0.1, -0.05) is 32.0 Å². The zero-order chi connectivity index (χ0) is 18.0. The highest BCUT2D eigenvalue weighted by Gasteiger charge is 2.18. The summed E-state index contributed by atoms with van der Waals surface area (Å²) in [7, 11) is -3.28. The van der Waals surface area contributed by atoms with Crippen molar-refractivity contribution in [2.24, 2.45) is 4.99 Å². The molecule has 0 bridgehead atoms. The van der Waals surface area contributed by atoms with Crippen molar-refractivity contribution in [3.05, 3.63) is 35.6 Å². The maximum atomic E-state index is 13.6. The van der Waals surface area contributed by atoms with E-state index in [4.69, 9.17) is 0 Å². The zero-order valence-corrected chi connectivity index (χ0v) is 15.4. The largest absolute Gasteiger partial charge is 0.357 e. The third kappa shape index (κ3) is 6.45. The Labute approximate surface area is 144 Å². The van der Waals surface area contributed by atoms with Gasteiger partial charge < -0.3 is 10.6 Å². The van der Waals surface area contributed by atoms with Gasteiger partial charge in [-0.05, 0) is 13.0 Å². The Bertz CT molecular complexity index is 631. The molecule has 0 aliphatic carbocycles. The van der Waals surface area contributed by atoms with Crippen LogP contribution in [0.4, 0.5) is 4.39 Å². The Morgan fingerprint density at radius 3 is 2.42 bits per heavy atom. The van der Waals surface area contributed by atoms with Crippen LogP contribution in [0.25, 0.3) is 0 Å². The van der Waals surface area contributed by atoms with Gasteiger partial charge in [-0.2, -0.15) is 0 Å². The van der Waals surface area contributed by atoms with Gasteiger partial charge in [0.05, 0.1) is 12.3 Å². The normalized spacial score (nSPS) is 12.5. The summed E-state index contributed by atoms with van der Waals surface area (Å²) in [5.41, 5.74) is 0.491. The molecule has 24 heavy (non-hydrogen) atoms. The van der Waals surface area contributed by atoms with E-state index in [1.807, 2.05) is 20.8 Å². The van der Waals surface area contributed by atoms with Crippen LogP contribution in [0.5, 0.6) is 0 Å². The highest BCUT2D eigenvalue weighted by Crippen LogP contribution is 2.07. The monoisotopic (exact) mass is 358 g/mol. The van der Waals surface area contributed by atoms with Crippen LogP contribution in [-0.4, -0.2) is 50.6 Å². The number of benzene rings is 1. The molecule has 8 heteroatoms. The lowest BCUT2D eigenvalue weighted by Crippen LogP contribution is -2.42. The Morgan fingerprint density at radius 1 is 1.17 bits per heavy atom. The van der Waals surface area contributed by atoms with Gasteiger partial charge in [0.1, 0.15) is 5.82 Å². The van der Waals surface area contributed by atoms with E-state index >= 15 is 0 Å². The lowest BCUT2D eigenvalue weighted by atomic mass is 10.2. The van der Waals surface area contributed by atoms with Gasteiger partial charge in [0.15, 0.2) is 5.96 Å². The van der Waals surface area contributed by atoms with Crippen molar-refractivity contribution in [2.75, 3.05) is 31.9 Å². The number of sulfonamides is 1. The number of nitrogens with one attached hydrogen (secondary N) is 2. The van der Waals surface area contributed by atoms with Crippen LogP contribution in [0.1, 0.15) is 26.3 Å². The van der Waals surface area contributed by atoms with Crippen LogP contribution < -0.4 is 10.6 Å². The predicted octanol–water partition coefficient (Wildman–Crippen LogP) is 1.55. The molecule has 0 fully saturated rings. The van der Waals surface area contributed by atoms with Crippen molar-refractivity contribution < 1.29 is 12.8 Å². The van der Waals surface area contributed by atoms with E-state index in [9.17, 15) is 12.8 Å².